The summed E-state index contributed by atoms with van der Waals surface area (Å²) in [7, 11) is 0. The Morgan fingerprint density at radius 2 is 0.919 bits per heavy atom. The first-order chi connectivity index (χ1) is 29.4. The van der Waals surface area contributed by atoms with Crippen LogP contribution in [0, 0.1) is 27.7 Å². The Balaban J connectivity index is 0.915. The maximum absolute atomic E-state index is 13.7. The number of nitrogens with zero attached hydrogens (tertiary/aromatic N) is 2. The smallest absolute Gasteiger partial charge is 0.266 e. The lowest BCUT2D eigenvalue weighted by atomic mass is 9.75. The van der Waals surface area contributed by atoms with Crippen LogP contribution in [0.15, 0.2) is 115 Å². The second-order valence-electron chi connectivity index (χ2n) is 17.6. The second kappa shape index (κ2) is 14.3. The molecule has 0 spiro atoms. The monoisotopic (exact) mass is 820 g/mol. The standard InChI is InChI=1S/C52H44N4O6/c1-28-8-17-37(22-30(28)3)55-47(59)39-19-10-32(24-41(39)49(55)61)45(57)53-35-14-12-34(13-15-35)52(7)27-51(5,6)43-21-16-36(26-44(43)52)54-46(58)33-11-20-40-42(25-33)50(62)56(48(40)60)38-18-9-29(2)31(4)23-38/h8-26H,27H2,1-7H3,(H,53,57)(H,54,58)/t52-/m0/s1. The van der Waals surface area contributed by atoms with Gasteiger partial charge in [0.2, 0.25) is 0 Å². The minimum Gasteiger partial charge on any atom is -0.322 e. The summed E-state index contributed by atoms with van der Waals surface area (Å²) in [5.41, 5.74) is 10.1. The van der Waals surface area contributed by atoms with Gasteiger partial charge in [0.05, 0.1) is 33.6 Å². The van der Waals surface area contributed by atoms with Crippen molar-refractivity contribution in [2.24, 2.45) is 0 Å². The number of amides is 6. The van der Waals surface area contributed by atoms with E-state index in [1.54, 1.807) is 24.3 Å². The molecule has 2 heterocycles. The Bertz CT molecular complexity index is 3000. The number of hydrogen-bond donors (Lipinski definition) is 2. The van der Waals surface area contributed by atoms with Gasteiger partial charge >= 0.3 is 0 Å². The zero-order valence-corrected chi connectivity index (χ0v) is 35.5. The van der Waals surface area contributed by atoms with Gasteiger partial charge in [-0.2, -0.15) is 0 Å². The van der Waals surface area contributed by atoms with Gasteiger partial charge in [-0.1, -0.05) is 51.1 Å². The molecule has 0 saturated carbocycles. The fourth-order valence-corrected chi connectivity index (χ4v) is 9.29. The Kier molecular flexibility index (Phi) is 9.24. The van der Waals surface area contributed by atoms with Crippen LogP contribution < -0.4 is 20.4 Å². The quantitative estimate of drug-likeness (QED) is 0.154. The highest BCUT2D eigenvalue weighted by molar-refractivity contribution is 6.35. The minimum atomic E-state index is -0.471. The predicted octanol–water partition coefficient (Wildman–Crippen LogP) is 10.0. The molecule has 6 aromatic carbocycles. The van der Waals surface area contributed by atoms with E-state index in [0.717, 1.165) is 55.2 Å². The molecule has 0 bridgehead atoms. The lowest BCUT2D eigenvalue weighted by Crippen LogP contribution is -2.29. The van der Waals surface area contributed by atoms with Crippen LogP contribution >= 0.6 is 0 Å². The molecule has 0 aromatic heterocycles. The van der Waals surface area contributed by atoms with E-state index >= 15 is 0 Å². The number of aryl methyl sites for hydroxylation is 4. The zero-order chi connectivity index (χ0) is 44.0. The molecular weight excluding hydrogens is 777 g/mol. The van der Waals surface area contributed by atoms with Gasteiger partial charge in [0.15, 0.2) is 0 Å². The SMILES string of the molecule is Cc1ccc(N2C(=O)c3ccc(C(=O)Nc4ccc([C@]5(C)CC(C)(C)c6ccc(NC(=O)c7ccc8c(c7)C(=O)N(c7ccc(C)c(C)c7)C8=O)cc65)cc4)cc3C2=O)cc1C. The summed E-state index contributed by atoms with van der Waals surface area (Å²) in [6.45, 7) is 14.3. The number of carbonyl (C=O) groups is 6. The maximum Gasteiger partial charge on any atom is 0.266 e. The van der Waals surface area contributed by atoms with Crippen molar-refractivity contribution < 1.29 is 28.8 Å². The normalized spacial score (nSPS) is 17.3. The first-order valence-corrected chi connectivity index (χ1v) is 20.5. The topological polar surface area (TPSA) is 133 Å². The molecule has 10 heteroatoms. The van der Waals surface area contributed by atoms with Gasteiger partial charge in [0, 0.05) is 27.9 Å². The van der Waals surface area contributed by atoms with Gasteiger partial charge in [-0.15, -0.1) is 0 Å². The Morgan fingerprint density at radius 3 is 1.40 bits per heavy atom. The van der Waals surface area contributed by atoms with Crippen LogP contribution in [-0.4, -0.2) is 35.4 Å². The summed E-state index contributed by atoms with van der Waals surface area (Å²) in [5.74, 6) is -2.61. The van der Waals surface area contributed by atoms with Crippen LogP contribution in [0.5, 0.6) is 0 Å². The fourth-order valence-electron chi connectivity index (χ4n) is 9.29. The lowest BCUT2D eigenvalue weighted by molar-refractivity contribution is 0.0910. The highest BCUT2D eigenvalue weighted by Gasteiger charge is 2.46. The third-order valence-corrected chi connectivity index (χ3v) is 13.0. The molecule has 2 aliphatic heterocycles. The first-order valence-electron chi connectivity index (χ1n) is 20.5. The molecule has 0 unspecified atom stereocenters. The number of benzene rings is 6. The van der Waals surface area contributed by atoms with Crippen LogP contribution in [-0.2, 0) is 10.8 Å². The average molecular weight is 821 g/mol. The molecule has 3 aliphatic rings. The highest BCUT2D eigenvalue weighted by Crippen LogP contribution is 2.53. The Morgan fingerprint density at radius 1 is 0.468 bits per heavy atom. The molecule has 2 N–H and O–H groups in total. The number of anilines is 4. The van der Waals surface area contributed by atoms with Gasteiger partial charge in [0.1, 0.15) is 0 Å². The largest absolute Gasteiger partial charge is 0.322 e. The molecule has 0 radical (unpaired) electrons. The molecule has 6 aromatic rings. The lowest BCUT2D eigenvalue weighted by Gasteiger charge is -2.29. The Hall–Kier alpha value is -7.46. The van der Waals surface area contributed by atoms with E-state index in [4.69, 9.17) is 0 Å². The number of hydrogen-bond acceptors (Lipinski definition) is 6. The van der Waals surface area contributed by atoms with Crippen molar-refractivity contribution in [2.45, 2.75) is 65.7 Å². The van der Waals surface area contributed by atoms with Crippen molar-refractivity contribution in [2.75, 3.05) is 20.4 Å². The van der Waals surface area contributed by atoms with E-state index in [-0.39, 0.29) is 38.8 Å². The van der Waals surface area contributed by atoms with Crippen molar-refractivity contribution >= 4 is 58.2 Å². The molecule has 0 fully saturated rings. The summed E-state index contributed by atoms with van der Waals surface area (Å²) in [6.07, 6.45) is 0.789. The summed E-state index contributed by atoms with van der Waals surface area (Å²) < 4.78 is 0. The predicted molar refractivity (Wildman–Crippen MR) is 240 cm³/mol. The zero-order valence-electron chi connectivity index (χ0n) is 35.5. The van der Waals surface area contributed by atoms with Crippen LogP contribution in [0.4, 0.5) is 22.7 Å². The van der Waals surface area contributed by atoms with Gasteiger partial charge in [0.25, 0.3) is 35.4 Å². The molecule has 1 aliphatic carbocycles. The number of fused-ring (bicyclic) bond motifs is 3. The van der Waals surface area contributed by atoms with Crippen LogP contribution in [0.3, 0.4) is 0 Å². The summed E-state index contributed by atoms with van der Waals surface area (Å²) in [4.78, 5) is 83.1. The van der Waals surface area contributed by atoms with E-state index in [1.807, 2.05) is 94.4 Å². The van der Waals surface area contributed by atoms with E-state index in [1.165, 1.54) is 24.3 Å². The molecule has 10 nitrogen and oxygen atoms in total. The molecule has 308 valence electrons. The number of rotatable bonds is 7. The van der Waals surface area contributed by atoms with E-state index < -0.39 is 40.9 Å². The number of nitrogens with one attached hydrogen (secondary N) is 2. The van der Waals surface area contributed by atoms with Gasteiger partial charge in [-0.05, 0) is 163 Å². The summed E-state index contributed by atoms with van der Waals surface area (Å²) in [6, 6.07) is 33.6. The number of carbonyl (C=O) groups excluding carboxylic acids is 6. The Labute approximate surface area is 359 Å². The summed E-state index contributed by atoms with van der Waals surface area (Å²) >= 11 is 0. The summed E-state index contributed by atoms with van der Waals surface area (Å²) in [5, 5.41) is 5.96. The molecule has 0 saturated heterocycles. The van der Waals surface area contributed by atoms with Crippen molar-refractivity contribution in [1.29, 1.82) is 0 Å². The molecular formula is C52H44N4O6. The molecule has 1 atom stereocenters. The van der Waals surface area contributed by atoms with Gasteiger partial charge < -0.3 is 10.6 Å². The van der Waals surface area contributed by atoms with Gasteiger partial charge in [-0.3, -0.25) is 28.8 Å². The highest BCUT2D eigenvalue weighted by atomic mass is 16.2. The van der Waals surface area contributed by atoms with Gasteiger partial charge in [-0.25, -0.2) is 9.80 Å². The van der Waals surface area contributed by atoms with Crippen molar-refractivity contribution in [1.82, 2.24) is 0 Å². The van der Waals surface area contributed by atoms with Crippen molar-refractivity contribution in [3.63, 3.8) is 0 Å². The van der Waals surface area contributed by atoms with E-state index in [9.17, 15) is 28.8 Å². The van der Waals surface area contributed by atoms with Crippen LogP contribution in [0.25, 0.3) is 0 Å². The first kappa shape index (κ1) is 40.0. The molecule has 62 heavy (non-hydrogen) atoms. The van der Waals surface area contributed by atoms with Crippen LogP contribution in [0.2, 0.25) is 0 Å². The maximum atomic E-state index is 13.7. The third kappa shape index (κ3) is 6.41. The van der Waals surface area contributed by atoms with E-state index in [2.05, 4.69) is 31.4 Å². The van der Waals surface area contributed by atoms with E-state index in [0.29, 0.717) is 22.7 Å². The number of imide groups is 2. The average Bonchev–Trinajstić information content (AvgIpc) is 3.74. The van der Waals surface area contributed by atoms with Crippen LogP contribution in [0.1, 0.15) is 128 Å². The minimum absolute atomic E-state index is 0.182. The molecule has 6 amide bonds. The fraction of sp³-hybridized carbons (Fsp3) is 0.192. The third-order valence-electron chi connectivity index (χ3n) is 13.0. The van der Waals surface area contributed by atoms with Crippen molar-refractivity contribution in [3.8, 4) is 0 Å². The second-order valence-corrected chi connectivity index (χ2v) is 17.6. The molecule has 9 rings (SSSR count). The van der Waals surface area contributed by atoms with Crippen molar-refractivity contribution in [3.05, 3.63) is 188 Å².